The van der Waals surface area contributed by atoms with Crippen LogP contribution in [0.2, 0.25) is 0 Å². The molecule has 1 aromatic rings. The number of rotatable bonds is 8. The highest BCUT2D eigenvalue weighted by atomic mass is 16.6. The van der Waals surface area contributed by atoms with Crippen molar-refractivity contribution in [3.05, 3.63) is 23.8 Å². The Labute approximate surface area is 131 Å². The third-order valence-electron chi connectivity index (χ3n) is 3.86. The fourth-order valence-electron chi connectivity index (χ4n) is 1.76. The van der Waals surface area contributed by atoms with E-state index in [2.05, 4.69) is 0 Å². The molecule has 0 spiro atoms. The lowest BCUT2D eigenvalue weighted by atomic mass is 9.91. The molecule has 1 aromatic carbocycles. The van der Waals surface area contributed by atoms with Crippen molar-refractivity contribution in [2.24, 2.45) is 5.41 Å². The summed E-state index contributed by atoms with van der Waals surface area (Å²) in [6, 6.07) is 5.53. The molecule has 0 aliphatic carbocycles. The van der Waals surface area contributed by atoms with Crippen LogP contribution in [0.4, 0.5) is 0 Å². The standard InChI is InChI=1S/C17H24O5/c1-5-17(2,3)16(18)22-9-12-6-7-14(15(8-12)19-4)21-11-13-10-20-13/h6-8,13H,5,9-11H2,1-4H3. The van der Waals surface area contributed by atoms with E-state index in [-0.39, 0.29) is 18.7 Å². The van der Waals surface area contributed by atoms with Gasteiger partial charge >= 0.3 is 5.97 Å². The molecule has 5 heteroatoms. The zero-order valence-electron chi connectivity index (χ0n) is 13.7. The molecule has 5 nitrogen and oxygen atoms in total. The summed E-state index contributed by atoms with van der Waals surface area (Å²) >= 11 is 0. The first-order valence-corrected chi connectivity index (χ1v) is 7.55. The van der Waals surface area contributed by atoms with Crippen LogP contribution < -0.4 is 9.47 Å². The Morgan fingerprint density at radius 2 is 2.09 bits per heavy atom. The van der Waals surface area contributed by atoms with E-state index < -0.39 is 5.41 Å². The summed E-state index contributed by atoms with van der Waals surface area (Å²) in [5, 5.41) is 0. The maximum atomic E-state index is 12.0. The van der Waals surface area contributed by atoms with Gasteiger partial charge in [0.2, 0.25) is 0 Å². The van der Waals surface area contributed by atoms with Crippen molar-refractivity contribution in [2.45, 2.75) is 39.9 Å². The summed E-state index contributed by atoms with van der Waals surface area (Å²) in [5.41, 5.74) is 0.407. The molecule has 1 fully saturated rings. The van der Waals surface area contributed by atoms with Crippen LogP contribution in [0.15, 0.2) is 18.2 Å². The van der Waals surface area contributed by atoms with Crippen molar-refractivity contribution >= 4 is 5.97 Å². The summed E-state index contributed by atoms with van der Waals surface area (Å²) in [5.74, 6) is 1.10. The monoisotopic (exact) mass is 308 g/mol. The van der Waals surface area contributed by atoms with E-state index >= 15 is 0 Å². The van der Waals surface area contributed by atoms with Crippen LogP contribution in [0.1, 0.15) is 32.8 Å². The van der Waals surface area contributed by atoms with Gasteiger partial charge in [0.1, 0.15) is 19.3 Å². The Kier molecular flexibility index (Phi) is 5.29. The fourth-order valence-corrected chi connectivity index (χ4v) is 1.76. The van der Waals surface area contributed by atoms with E-state index in [4.69, 9.17) is 18.9 Å². The predicted octanol–water partition coefficient (Wildman–Crippen LogP) is 2.95. The van der Waals surface area contributed by atoms with Gasteiger partial charge in [-0.1, -0.05) is 13.0 Å². The number of carbonyl (C=O) groups is 1. The van der Waals surface area contributed by atoms with Crippen LogP contribution in [0.25, 0.3) is 0 Å². The van der Waals surface area contributed by atoms with Crippen molar-refractivity contribution in [3.63, 3.8) is 0 Å². The third kappa shape index (κ3) is 4.37. The highest BCUT2D eigenvalue weighted by Gasteiger charge is 2.27. The van der Waals surface area contributed by atoms with Crippen LogP contribution in [0.3, 0.4) is 0 Å². The van der Waals surface area contributed by atoms with E-state index in [1.54, 1.807) is 7.11 Å². The molecule has 0 amide bonds. The van der Waals surface area contributed by atoms with E-state index in [9.17, 15) is 4.79 Å². The lowest BCUT2D eigenvalue weighted by Gasteiger charge is -2.20. The molecule has 1 aliphatic rings. The average molecular weight is 308 g/mol. The topological polar surface area (TPSA) is 57.3 Å². The quantitative estimate of drug-likeness (QED) is 0.546. The minimum Gasteiger partial charge on any atom is -0.493 e. The largest absolute Gasteiger partial charge is 0.493 e. The molecule has 1 saturated heterocycles. The average Bonchev–Trinajstić information content (AvgIpc) is 3.35. The van der Waals surface area contributed by atoms with E-state index in [0.29, 0.717) is 18.1 Å². The SMILES string of the molecule is CCC(C)(C)C(=O)OCc1ccc(OCC2CO2)c(OC)c1. The molecule has 0 radical (unpaired) electrons. The lowest BCUT2D eigenvalue weighted by molar-refractivity contribution is -0.155. The summed E-state index contributed by atoms with van der Waals surface area (Å²) in [4.78, 5) is 12.0. The van der Waals surface area contributed by atoms with E-state index in [1.807, 2.05) is 39.0 Å². The zero-order valence-corrected chi connectivity index (χ0v) is 13.7. The summed E-state index contributed by atoms with van der Waals surface area (Å²) < 4.78 is 21.5. The molecule has 0 aromatic heterocycles. The van der Waals surface area contributed by atoms with Crippen LogP contribution in [-0.4, -0.2) is 32.4 Å². The molecular weight excluding hydrogens is 284 g/mol. The number of esters is 1. The Bertz CT molecular complexity index is 520. The predicted molar refractivity (Wildman–Crippen MR) is 82.1 cm³/mol. The number of hydrogen-bond acceptors (Lipinski definition) is 5. The number of carbonyl (C=O) groups excluding carboxylic acids is 1. The molecular formula is C17H24O5. The third-order valence-corrected chi connectivity index (χ3v) is 3.86. The first-order valence-electron chi connectivity index (χ1n) is 7.55. The highest BCUT2D eigenvalue weighted by Crippen LogP contribution is 2.30. The fraction of sp³-hybridized carbons (Fsp3) is 0.588. The molecule has 0 saturated carbocycles. The van der Waals surface area contributed by atoms with E-state index in [1.165, 1.54) is 0 Å². The Morgan fingerprint density at radius 3 is 2.68 bits per heavy atom. The molecule has 2 rings (SSSR count). The summed E-state index contributed by atoms with van der Waals surface area (Å²) in [6.07, 6.45) is 0.937. The van der Waals surface area contributed by atoms with Crippen molar-refractivity contribution < 1.29 is 23.7 Å². The molecule has 1 unspecified atom stereocenters. The van der Waals surface area contributed by atoms with Gasteiger partial charge in [0.25, 0.3) is 0 Å². The lowest BCUT2D eigenvalue weighted by Crippen LogP contribution is -2.25. The maximum absolute atomic E-state index is 12.0. The van der Waals surface area contributed by atoms with Gasteiger partial charge in [-0.15, -0.1) is 0 Å². The molecule has 1 heterocycles. The van der Waals surface area contributed by atoms with Gasteiger partial charge in [-0.3, -0.25) is 4.79 Å². The minimum atomic E-state index is -0.461. The number of hydrogen-bond donors (Lipinski definition) is 0. The van der Waals surface area contributed by atoms with E-state index in [0.717, 1.165) is 18.6 Å². The second kappa shape index (κ2) is 7.01. The molecule has 0 N–H and O–H groups in total. The molecule has 0 bridgehead atoms. The van der Waals surface area contributed by atoms with Gasteiger partial charge in [0, 0.05) is 0 Å². The highest BCUT2D eigenvalue weighted by molar-refractivity contribution is 5.75. The minimum absolute atomic E-state index is 0.194. The van der Waals surface area contributed by atoms with Gasteiger partial charge in [-0.25, -0.2) is 0 Å². The van der Waals surface area contributed by atoms with Gasteiger partial charge < -0.3 is 18.9 Å². The first-order chi connectivity index (χ1) is 10.5. The number of epoxide rings is 1. The van der Waals surface area contributed by atoms with Crippen LogP contribution in [0, 0.1) is 5.41 Å². The van der Waals surface area contributed by atoms with Crippen LogP contribution in [-0.2, 0) is 20.9 Å². The molecule has 22 heavy (non-hydrogen) atoms. The Morgan fingerprint density at radius 1 is 1.36 bits per heavy atom. The van der Waals surface area contributed by atoms with Crippen LogP contribution in [0.5, 0.6) is 11.5 Å². The second-order valence-corrected chi connectivity index (χ2v) is 6.07. The Balaban J connectivity index is 1.95. The van der Waals surface area contributed by atoms with Gasteiger partial charge in [0.05, 0.1) is 19.1 Å². The number of ether oxygens (including phenoxy) is 4. The van der Waals surface area contributed by atoms with Crippen molar-refractivity contribution in [1.29, 1.82) is 0 Å². The maximum Gasteiger partial charge on any atom is 0.311 e. The van der Waals surface area contributed by atoms with Crippen LogP contribution >= 0.6 is 0 Å². The van der Waals surface area contributed by atoms with Gasteiger partial charge in [-0.05, 0) is 38.0 Å². The molecule has 122 valence electrons. The summed E-state index contributed by atoms with van der Waals surface area (Å²) in [6.45, 7) is 7.24. The number of benzene rings is 1. The zero-order chi connectivity index (χ0) is 16.2. The number of methoxy groups -OCH3 is 1. The van der Waals surface area contributed by atoms with Crippen molar-refractivity contribution in [2.75, 3.05) is 20.3 Å². The Hall–Kier alpha value is -1.75. The van der Waals surface area contributed by atoms with Crippen molar-refractivity contribution in [1.82, 2.24) is 0 Å². The first kappa shape index (κ1) is 16.6. The second-order valence-electron chi connectivity index (χ2n) is 6.07. The molecule has 1 aliphatic heterocycles. The van der Waals surface area contributed by atoms with Gasteiger partial charge in [-0.2, -0.15) is 0 Å². The molecule has 1 atom stereocenters. The van der Waals surface area contributed by atoms with Crippen molar-refractivity contribution in [3.8, 4) is 11.5 Å². The van der Waals surface area contributed by atoms with Gasteiger partial charge in [0.15, 0.2) is 11.5 Å². The normalized spacial score (nSPS) is 17.0. The smallest absolute Gasteiger partial charge is 0.311 e. The summed E-state index contributed by atoms with van der Waals surface area (Å²) in [7, 11) is 1.59.